The van der Waals surface area contributed by atoms with E-state index in [4.69, 9.17) is 4.74 Å². The van der Waals surface area contributed by atoms with Crippen LogP contribution in [0.5, 0.6) is 0 Å². The Balaban J connectivity index is 2.41. The highest BCUT2D eigenvalue weighted by Crippen LogP contribution is 2.12. The van der Waals surface area contributed by atoms with Crippen molar-refractivity contribution in [3.8, 4) is 0 Å². The van der Waals surface area contributed by atoms with Crippen molar-refractivity contribution < 1.29 is 17.9 Å². The first-order chi connectivity index (χ1) is 7.79. The molecular weight excluding hydrogens is 244 g/mol. The van der Waals surface area contributed by atoms with E-state index in [1.54, 1.807) is 4.90 Å². The Kier molecular flexibility index (Phi) is 4.91. The molecule has 0 aromatic carbocycles. The van der Waals surface area contributed by atoms with Crippen LogP contribution in [0.3, 0.4) is 0 Å². The molecule has 1 heterocycles. The summed E-state index contributed by atoms with van der Waals surface area (Å²) in [6.45, 7) is 5.09. The van der Waals surface area contributed by atoms with Gasteiger partial charge in [0.15, 0.2) is 0 Å². The number of sulfonamides is 1. The number of nitrogens with zero attached hydrogens (tertiary/aromatic N) is 1. The second-order valence-electron chi connectivity index (χ2n) is 4.46. The first kappa shape index (κ1) is 14.4. The second-order valence-corrected chi connectivity index (χ2v) is 6.29. The average Bonchev–Trinajstić information content (AvgIpc) is 2.19. The maximum absolute atomic E-state index is 11.9. The molecule has 0 saturated carbocycles. The molecule has 1 amide bonds. The molecule has 17 heavy (non-hydrogen) atoms. The molecule has 2 atom stereocenters. The van der Waals surface area contributed by atoms with Crippen LogP contribution in [0.1, 0.15) is 20.3 Å². The van der Waals surface area contributed by atoms with Gasteiger partial charge >= 0.3 is 0 Å². The quantitative estimate of drug-likeness (QED) is 0.747. The van der Waals surface area contributed by atoms with Gasteiger partial charge in [0, 0.05) is 19.5 Å². The standard InChI is InChI=1S/C10H20N2O4S/c1-8-7-16-9(2)6-12(8)10(13)4-5-11-17(3,14)15/h8-9,11H,4-7H2,1-3H3/t8-,9+/m0/s1. The summed E-state index contributed by atoms with van der Waals surface area (Å²) in [6.07, 6.45) is 1.30. The van der Waals surface area contributed by atoms with Gasteiger partial charge in [0.1, 0.15) is 0 Å². The highest BCUT2D eigenvalue weighted by atomic mass is 32.2. The van der Waals surface area contributed by atoms with Gasteiger partial charge in [0.25, 0.3) is 0 Å². The third-order valence-corrected chi connectivity index (χ3v) is 3.36. The molecule has 0 aromatic heterocycles. The van der Waals surface area contributed by atoms with Gasteiger partial charge in [-0.15, -0.1) is 0 Å². The molecule has 0 spiro atoms. The third kappa shape index (κ3) is 5.01. The summed E-state index contributed by atoms with van der Waals surface area (Å²) in [5, 5.41) is 0. The normalized spacial score (nSPS) is 25.9. The molecule has 0 bridgehead atoms. The van der Waals surface area contributed by atoms with Crippen molar-refractivity contribution >= 4 is 15.9 Å². The smallest absolute Gasteiger partial charge is 0.224 e. The van der Waals surface area contributed by atoms with E-state index < -0.39 is 10.0 Å². The molecule has 1 aliphatic heterocycles. The van der Waals surface area contributed by atoms with Gasteiger partial charge in [0.05, 0.1) is 25.0 Å². The molecule has 1 rings (SSSR count). The number of morpholine rings is 1. The van der Waals surface area contributed by atoms with E-state index in [9.17, 15) is 13.2 Å². The first-order valence-electron chi connectivity index (χ1n) is 5.65. The maximum Gasteiger partial charge on any atom is 0.224 e. The Bertz CT molecular complexity index is 369. The number of hydrogen-bond donors (Lipinski definition) is 1. The predicted molar refractivity (Wildman–Crippen MR) is 64.1 cm³/mol. The molecule has 7 heteroatoms. The van der Waals surface area contributed by atoms with Crippen LogP contribution in [-0.2, 0) is 19.6 Å². The van der Waals surface area contributed by atoms with Gasteiger partial charge in [-0.05, 0) is 13.8 Å². The zero-order valence-electron chi connectivity index (χ0n) is 10.5. The molecule has 1 N–H and O–H groups in total. The number of ether oxygens (including phenoxy) is 1. The summed E-state index contributed by atoms with van der Waals surface area (Å²) in [5.41, 5.74) is 0. The van der Waals surface area contributed by atoms with Crippen LogP contribution in [0.15, 0.2) is 0 Å². The zero-order valence-corrected chi connectivity index (χ0v) is 11.3. The molecule has 0 aromatic rings. The third-order valence-electron chi connectivity index (χ3n) is 2.63. The Morgan fingerprint density at radius 3 is 2.71 bits per heavy atom. The lowest BCUT2D eigenvalue weighted by Gasteiger charge is -2.36. The molecule has 100 valence electrons. The predicted octanol–water partition coefficient (Wildman–Crippen LogP) is -0.438. The largest absolute Gasteiger partial charge is 0.375 e. The lowest BCUT2D eigenvalue weighted by atomic mass is 10.2. The van der Waals surface area contributed by atoms with E-state index in [0.29, 0.717) is 13.2 Å². The maximum atomic E-state index is 11.9. The van der Waals surface area contributed by atoms with Crippen LogP contribution in [0.4, 0.5) is 0 Å². The highest BCUT2D eigenvalue weighted by Gasteiger charge is 2.26. The molecular formula is C10H20N2O4S. The van der Waals surface area contributed by atoms with Crippen LogP contribution < -0.4 is 4.72 Å². The van der Waals surface area contributed by atoms with Crippen LogP contribution in [-0.4, -0.2) is 57.3 Å². The van der Waals surface area contributed by atoms with Gasteiger partial charge in [-0.25, -0.2) is 13.1 Å². The number of carbonyl (C=O) groups is 1. The van der Waals surface area contributed by atoms with Crippen molar-refractivity contribution in [2.75, 3.05) is 26.0 Å². The summed E-state index contributed by atoms with van der Waals surface area (Å²) in [5.74, 6) is -0.0381. The lowest BCUT2D eigenvalue weighted by molar-refractivity contribution is -0.143. The van der Waals surface area contributed by atoms with E-state index in [1.807, 2.05) is 13.8 Å². The molecule has 1 fully saturated rings. The van der Waals surface area contributed by atoms with E-state index >= 15 is 0 Å². The number of nitrogens with one attached hydrogen (secondary N) is 1. The van der Waals surface area contributed by atoms with Crippen LogP contribution in [0.2, 0.25) is 0 Å². The summed E-state index contributed by atoms with van der Waals surface area (Å²) in [7, 11) is -3.22. The van der Waals surface area contributed by atoms with Crippen molar-refractivity contribution in [3.05, 3.63) is 0 Å². The Labute approximate surface area is 102 Å². The van der Waals surface area contributed by atoms with Gasteiger partial charge in [-0.3, -0.25) is 4.79 Å². The van der Waals surface area contributed by atoms with E-state index in [0.717, 1.165) is 6.26 Å². The Hall–Kier alpha value is -0.660. The van der Waals surface area contributed by atoms with E-state index in [2.05, 4.69) is 4.72 Å². The molecule has 0 radical (unpaired) electrons. The Morgan fingerprint density at radius 2 is 2.12 bits per heavy atom. The number of amides is 1. The summed E-state index contributed by atoms with van der Waals surface area (Å²) in [4.78, 5) is 13.6. The monoisotopic (exact) mass is 264 g/mol. The van der Waals surface area contributed by atoms with E-state index in [1.165, 1.54) is 0 Å². The van der Waals surface area contributed by atoms with Crippen molar-refractivity contribution in [1.82, 2.24) is 9.62 Å². The van der Waals surface area contributed by atoms with Crippen LogP contribution >= 0.6 is 0 Å². The summed E-state index contributed by atoms with van der Waals surface area (Å²) in [6, 6.07) is 0.0527. The topological polar surface area (TPSA) is 75.7 Å². The minimum atomic E-state index is -3.22. The van der Waals surface area contributed by atoms with Crippen molar-refractivity contribution in [3.63, 3.8) is 0 Å². The van der Waals surface area contributed by atoms with Gasteiger partial charge in [-0.2, -0.15) is 0 Å². The number of rotatable bonds is 4. The fraction of sp³-hybridized carbons (Fsp3) is 0.900. The van der Waals surface area contributed by atoms with E-state index in [-0.39, 0.29) is 31.0 Å². The van der Waals surface area contributed by atoms with Crippen molar-refractivity contribution in [2.24, 2.45) is 0 Å². The minimum absolute atomic E-state index is 0.0381. The minimum Gasteiger partial charge on any atom is -0.375 e. The average molecular weight is 264 g/mol. The van der Waals surface area contributed by atoms with Gasteiger partial charge < -0.3 is 9.64 Å². The number of carbonyl (C=O) groups excluding carboxylic acids is 1. The molecule has 6 nitrogen and oxygen atoms in total. The first-order valence-corrected chi connectivity index (χ1v) is 7.54. The Morgan fingerprint density at radius 1 is 1.47 bits per heavy atom. The summed E-state index contributed by atoms with van der Waals surface area (Å²) < 4.78 is 29.4. The van der Waals surface area contributed by atoms with Crippen LogP contribution in [0.25, 0.3) is 0 Å². The molecule has 0 aliphatic carbocycles. The zero-order chi connectivity index (χ0) is 13.1. The molecule has 0 unspecified atom stereocenters. The van der Waals surface area contributed by atoms with Crippen molar-refractivity contribution in [1.29, 1.82) is 0 Å². The number of hydrogen-bond acceptors (Lipinski definition) is 4. The fourth-order valence-corrected chi connectivity index (χ4v) is 2.21. The lowest BCUT2D eigenvalue weighted by Crippen LogP contribution is -2.50. The summed E-state index contributed by atoms with van der Waals surface area (Å²) >= 11 is 0. The van der Waals surface area contributed by atoms with Gasteiger partial charge in [-0.1, -0.05) is 0 Å². The second kappa shape index (κ2) is 5.79. The van der Waals surface area contributed by atoms with Crippen LogP contribution in [0, 0.1) is 0 Å². The SMILES string of the molecule is C[C@@H]1CN(C(=O)CCNS(C)(=O)=O)[C@@H](C)CO1. The molecule has 1 saturated heterocycles. The van der Waals surface area contributed by atoms with Crippen molar-refractivity contribution in [2.45, 2.75) is 32.4 Å². The fourth-order valence-electron chi connectivity index (χ4n) is 1.74. The molecule has 1 aliphatic rings. The highest BCUT2D eigenvalue weighted by molar-refractivity contribution is 7.88. The van der Waals surface area contributed by atoms with Gasteiger partial charge in [0.2, 0.25) is 15.9 Å².